The average Bonchev–Trinajstić information content (AvgIpc) is 2.29. The first-order valence-corrected chi connectivity index (χ1v) is 7.95. The van der Waals surface area contributed by atoms with Crippen molar-refractivity contribution in [3.63, 3.8) is 0 Å². The van der Waals surface area contributed by atoms with Gasteiger partial charge in [-0.3, -0.25) is 0 Å². The van der Waals surface area contributed by atoms with E-state index in [0.717, 1.165) is 11.4 Å². The van der Waals surface area contributed by atoms with E-state index in [4.69, 9.17) is 11.6 Å². The summed E-state index contributed by atoms with van der Waals surface area (Å²) in [5.74, 6) is 0.671. The van der Waals surface area contributed by atoms with Crippen LogP contribution in [0.3, 0.4) is 0 Å². The molecule has 114 valence electrons. The van der Waals surface area contributed by atoms with Gasteiger partial charge in [0.2, 0.25) is 0 Å². The fourth-order valence-corrected chi connectivity index (χ4v) is 3.35. The number of aryl methyl sites for hydroxylation is 2. The molecular formula is C18H30ClN. The second kappa shape index (κ2) is 6.95. The highest BCUT2D eigenvalue weighted by molar-refractivity contribution is 6.31. The summed E-state index contributed by atoms with van der Waals surface area (Å²) in [5, 5.41) is 4.32. The third-order valence-electron chi connectivity index (χ3n) is 3.94. The van der Waals surface area contributed by atoms with Crippen LogP contribution in [0.2, 0.25) is 5.02 Å². The second-order valence-corrected chi connectivity index (χ2v) is 7.81. The van der Waals surface area contributed by atoms with Crippen molar-refractivity contribution in [1.29, 1.82) is 0 Å². The monoisotopic (exact) mass is 295 g/mol. The Morgan fingerprint density at radius 2 is 1.70 bits per heavy atom. The Balaban J connectivity index is 2.89. The fourth-order valence-electron chi connectivity index (χ4n) is 3.00. The van der Waals surface area contributed by atoms with E-state index < -0.39 is 0 Å². The highest BCUT2D eigenvalue weighted by Crippen LogP contribution is 2.33. The van der Waals surface area contributed by atoms with Crippen LogP contribution in [0, 0.1) is 25.2 Å². The minimum absolute atomic E-state index is 0.333. The first-order valence-electron chi connectivity index (χ1n) is 7.58. The van der Waals surface area contributed by atoms with Crippen LogP contribution in [0.4, 0.5) is 0 Å². The van der Waals surface area contributed by atoms with Crippen molar-refractivity contribution in [3.8, 4) is 0 Å². The van der Waals surface area contributed by atoms with E-state index in [1.807, 2.05) is 7.05 Å². The Kier molecular flexibility index (Phi) is 6.09. The van der Waals surface area contributed by atoms with Gasteiger partial charge in [-0.2, -0.15) is 0 Å². The van der Waals surface area contributed by atoms with Gasteiger partial charge in [0.15, 0.2) is 0 Å². The Morgan fingerprint density at radius 1 is 1.15 bits per heavy atom. The zero-order chi connectivity index (χ0) is 15.5. The Hall–Kier alpha value is -0.530. The molecule has 0 saturated carbocycles. The highest BCUT2D eigenvalue weighted by Gasteiger charge is 2.21. The Bertz CT molecular complexity index is 445. The van der Waals surface area contributed by atoms with Gasteiger partial charge in [0, 0.05) is 11.1 Å². The van der Waals surface area contributed by atoms with E-state index in [0.29, 0.717) is 17.4 Å². The van der Waals surface area contributed by atoms with Gasteiger partial charge < -0.3 is 5.32 Å². The molecule has 0 amide bonds. The van der Waals surface area contributed by atoms with Gasteiger partial charge in [-0.15, -0.1) is 0 Å². The molecule has 1 N–H and O–H groups in total. The molecule has 0 aliphatic heterocycles. The molecule has 20 heavy (non-hydrogen) atoms. The molecule has 1 aromatic carbocycles. The molecule has 1 aromatic rings. The standard InChI is InChI=1S/C18H30ClN/c1-12(11-18(4,5)6)8-17(20-7)15-9-13(2)14(3)10-16(15)19/h9-10,12,17,20H,8,11H2,1-7H3. The lowest BCUT2D eigenvalue weighted by molar-refractivity contribution is 0.279. The van der Waals surface area contributed by atoms with Crippen LogP contribution in [-0.2, 0) is 0 Å². The summed E-state index contributed by atoms with van der Waals surface area (Å²) in [6.07, 6.45) is 2.35. The second-order valence-electron chi connectivity index (χ2n) is 7.40. The lowest BCUT2D eigenvalue weighted by Gasteiger charge is -2.27. The van der Waals surface area contributed by atoms with Crippen LogP contribution in [0.1, 0.15) is 63.3 Å². The predicted molar refractivity (Wildman–Crippen MR) is 90.6 cm³/mol. The average molecular weight is 296 g/mol. The first kappa shape index (κ1) is 17.5. The number of halogens is 1. The molecule has 0 aromatic heterocycles. The lowest BCUT2D eigenvalue weighted by Crippen LogP contribution is -2.22. The summed E-state index contributed by atoms with van der Waals surface area (Å²) in [5.41, 5.74) is 4.19. The van der Waals surface area contributed by atoms with Gasteiger partial charge >= 0.3 is 0 Å². The molecule has 0 spiro atoms. The molecule has 0 heterocycles. The summed E-state index contributed by atoms with van der Waals surface area (Å²) in [7, 11) is 2.03. The van der Waals surface area contributed by atoms with E-state index in [1.165, 1.54) is 23.1 Å². The van der Waals surface area contributed by atoms with Crippen molar-refractivity contribution >= 4 is 11.6 Å². The summed E-state index contributed by atoms with van der Waals surface area (Å²) >= 11 is 6.45. The normalized spacial score (nSPS) is 15.2. The van der Waals surface area contributed by atoms with Gasteiger partial charge in [-0.05, 0) is 67.8 Å². The van der Waals surface area contributed by atoms with Crippen LogP contribution >= 0.6 is 11.6 Å². The van der Waals surface area contributed by atoms with Crippen molar-refractivity contribution in [3.05, 3.63) is 33.8 Å². The molecule has 2 heteroatoms. The molecule has 1 rings (SSSR count). The minimum atomic E-state index is 0.333. The number of rotatable bonds is 5. The quantitative estimate of drug-likeness (QED) is 0.737. The van der Waals surface area contributed by atoms with Crippen LogP contribution < -0.4 is 5.32 Å². The molecule has 2 unspecified atom stereocenters. The van der Waals surface area contributed by atoms with Gasteiger partial charge in [0.05, 0.1) is 0 Å². The molecule has 2 atom stereocenters. The first-order chi connectivity index (χ1) is 9.14. The van der Waals surface area contributed by atoms with Crippen molar-refractivity contribution in [2.24, 2.45) is 11.3 Å². The van der Waals surface area contributed by atoms with Gasteiger partial charge in [0.1, 0.15) is 0 Å². The fraction of sp³-hybridized carbons (Fsp3) is 0.667. The molecule has 0 aliphatic carbocycles. The Labute approximate surface area is 130 Å². The lowest BCUT2D eigenvalue weighted by atomic mass is 9.82. The predicted octanol–water partition coefficient (Wildman–Crippen LogP) is 5.68. The van der Waals surface area contributed by atoms with E-state index in [2.05, 4.69) is 59.0 Å². The van der Waals surface area contributed by atoms with Crippen molar-refractivity contribution in [2.45, 2.75) is 60.4 Å². The smallest absolute Gasteiger partial charge is 0.0456 e. The van der Waals surface area contributed by atoms with Gasteiger partial charge in [0.25, 0.3) is 0 Å². The van der Waals surface area contributed by atoms with Gasteiger partial charge in [-0.25, -0.2) is 0 Å². The SMILES string of the molecule is CNC(CC(C)CC(C)(C)C)c1cc(C)c(C)cc1Cl. The Morgan fingerprint density at radius 3 is 2.20 bits per heavy atom. The van der Waals surface area contributed by atoms with Crippen molar-refractivity contribution < 1.29 is 0 Å². The summed E-state index contributed by atoms with van der Waals surface area (Å²) < 4.78 is 0. The molecular weight excluding hydrogens is 266 g/mol. The zero-order valence-corrected chi connectivity index (χ0v) is 14.9. The van der Waals surface area contributed by atoms with Gasteiger partial charge in [-0.1, -0.05) is 45.4 Å². The molecule has 1 nitrogen and oxygen atoms in total. The van der Waals surface area contributed by atoms with E-state index in [-0.39, 0.29) is 0 Å². The minimum Gasteiger partial charge on any atom is -0.313 e. The topological polar surface area (TPSA) is 12.0 Å². The summed E-state index contributed by atoms with van der Waals surface area (Å²) in [6.45, 7) is 13.5. The maximum absolute atomic E-state index is 6.45. The largest absolute Gasteiger partial charge is 0.313 e. The van der Waals surface area contributed by atoms with E-state index in [1.54, 1.807) is 0 Å². The van der Waals surface area contributed by atoms with Crippen molar-refractivity contribution in [1.82, 2.24) is 5.32 Å². The van der Waals surface area contributed by atoms with Crippen molar-refractivity contribution in [2.75, 3.05) is 7.05 Å². The number of nitrogens with one attached hydrogen (secondary N) is 1. The zero-order valence-electron chi connectivity index (χ0n) is 14.1. The molecule has 0 saturated heterocycles. The van der Waals surface area contributed by atoms with E-state index >= 15 is 0 Å². The third kappa shape index (κ3) is 5.10. The van der Waals surface area contributed by atoms with Crippen LogP contribution in [0.5, 0.6) is 0 Å². The molecule has 0 bridgehead atoms. The third-order valence-corrected chi connectivity index (χ3v) is 4.26. The maximum atomic E-state index is 6.45. The highest BCUT2D eigenvalue weighted by atomic mass is 35.5. The van der Waals surface area contributed by atoms with Crippen LogP contribution in [0.15, 0.2) is 12.1 Å². The molecule has 0 fully saturated rings. The van der Waals surface area contributed by atoms with E-state index in [9.17, 15) is 0 Å². The van der Waals surface area contributed by atoms with Crippen LogP contribution in [0.25, 0.3) is 0 Å². The molecule has 0 radical (unpaired) electrons. The number of benzene rings is 1. The number of hydrogen-bond donors (Lipinski definition) is 1. The molecule has 0 aliphatic rings. The maximum Gasteiger partial charge on any atom is 0.0456 e. The summed E-state index contributed by atoms with van der Waals surface area (Å²) in [6, 6.07) is 4.66. The van der Waals surface area contributed by atoms with Crippen LogP contribution in [-0.4, -0.2) is 7.05 Å². The summed E-state index contributed by atoms with van der Waals surface area (Å²) in [4.78, 5) is 0. The number of hydrogen-bond acceptors (Lipinski definition) is 1.